The minimum Gasteiger partial charge on any atom is -0.459 e. The molecule has 0 N–H and O–H groups in total. The summed E-state index contributed by atoms with van der Waals surface area (Å²) >= 11 is 0. The molecule has 7 nitrogen and oxygen atoms in total. The number of carbonyl (C=O) groups excluding carboxylic acids is 1. The highest BCUT2D eigenvalue weighted by Crippen LogP contribution is 2.26. The first kappa shape index (κ1) is 17.7. The summed E-state index contributed by atoms with van der Waals surface area (Å²) in [6.07, 6.45) is 9.18. The molecule has 1 saturated heterocycles. The van der Waals surface area contributed by atoms with E-state index in [-0.39, 0.29) is 5.91 Å². The third kappa shape index (κ3) is 3.39. The van der Waals surface area contributed by atoms with Crippen LogP contribution in [0.15, 0.2) is 29.0 Å². The van der Waals surface area contributed by atoms with Crippen LogP contribution in [-0.4, -0.2) is 71.0 Å². The molecule has 2 aliphatic heterocycles. The van der Waals surface area contributed by atoms with Crippen molar-refractivity contribution >= 4 is 11.9 Å². The summed E-state index contributed by atoms with van der Waals surface area (Å²) in [5.74, 6) is 1.21. The lowest BCUT2D eigenvalue weighted by molar-refractivity contribution is 0.0731. The van der Waals surface area contributed by atoms with Gasteiger partial charge in [-0.05, 0) is 37.0 Å². The number of rotatable bonds is 3. The zero-order valence-electron chi connectivity index (χ0n) is 16.2. The maximum atomic E-state index is 12.6. The lowest BCUT2D eigenvalue weighted by atomic mass is 9.91. The second kappa shape index (κ2) is 7.54. The van der Waals surface area contributed by atoms with Gasteiger partial charge in [-0.15, -0.1) is 0 Å². The van der Waals surface area contributed by atoms with Crippen LogP contribution in [0.2, 0.25) is 0 Å². The van der Waals surface area contributed by atoms with Crippen molar-refractivity contribution in [3.05, 3.63) is 41.6 Å². The molecule has 0 spiro atoms. The number of aromatic nitrogens is 2. The van der Waals surface area contributed by atoms with Crippen molar-refractivity contribution in [3.63, 3.8) is 0 Å². The second-order valence-corrected chi connectivity index (χ2v) is 8.02. The zero-order valence-corrected chi connectivity index (χ0v) is 16.2. The van der Waals surface area contributed by atoms with Gasteiger partial charge in [-0.1, -0.05) is 6.42 Å². The number of nitrogens with zero attached hydrogens (tertiary/aromatic N) is 5. The van der Waals surface area contributed by atoms with Crippen molar-refractivity contribution in [2.75, 3.05) is 44.2 Å². The Morgan fingerprint density at radius 1 is 1.07 bits per heavy atom. The number of fused-ring (bicyclic) bond motifs is 1. The Morgan fingerprint density at radius 3 is 2.61 bits per heavy atom. The molecular weight excluding hydrogens is 354 g/mol. The van der Waals surface area contributed by atoms with Gasteiger partial charge in [0, 0.05) is 57.9 Å². The molecule has 2 fully saturated rings. The van der Waals surface area contributed by atoms with Crippen LogP contribution in [0.3, 0.4) is 0 Å². The molecular formula is C21H27N5O2. The van der Waals surface area contributed by atoms with Crippen LogP contribution in [0.5, 0.6) is 0 Å². The number of piperazine rings is 1. The molecule has 2 aromatic rings. The predicted molar refractivity (Wildman–Crippen MR) is 105 cm³/mol. The zero-order chi connectivity index (χ0) is 18.9. The third-order valence-corrected chi connectivity index (χ3v) is 6.42. The minimum atomic E-state index is -0.0434. The predicted octanol–water partition coefficient (Wildman–Crippen LogP) is 1.99. The van der Waals surface area contributed by atoms with E-state index in [0.717, 1.165) is 62.3 Å². The highest BCUT2D eigenvalue weighted by molar-refractivity contribution is 5.91. The van der Waals surface area contributed by atoms with Crippen LogP contribution < -0.4 is 4.90 Å². The van der Waals surface area contributed by atoms with E-state index < -0.39 is 0 Å². The van der Waals surface area contributed by atoms with E-state index in [2.05, 4.69) is 14.8 Å². The molecule has 1 amide bonds. The molecule has 0 unspecified atom stereocenters. The highest BCUT2D eigenvalue weighted by Gasteiger charge is 2.29. The van der Waals surface area contributed by atoms with E-state index in [4.69, 9.17) is 9.40 Å². The summed E-state index contributed by atoms with van der Waals surface area (Å²) in [5, 5.41) is 0. The molecule has 1 saturated carbocycles. The number of amides is 1. The summed E-state index contributed by atoms with van der Waals surface area (Å²) in [7, 11) is 0. The van der Waals surface area contributed by atoms with Gasteiger partial charge in [0.15, 0.2) is 5.76 Å². The van der Waals surface area contributed by atoms with E-state index in [1.807, 2.05) is 11.1 Å². The molecule has 28 heavy (non-hydrogen) atoms. The number of furan rings is 1. The highest BCUT2D eigenvalue weighted by atomic mass is 16.3. The standard InChI is InChI=1S/C21H27N5O2/c27-20(19-5-2-14-28-19)25-8-6-16-15-22-21(23-18(16)7-9-25)26-12-10-24(11-13-26)17-3-1-4-17/h2,5,14-15,17H,1,3-4,6-13H2. The number of hydrogen-bond donors (Lipinski definition) is 0. The first-order valence-corrected chi connectivity index (χ1v) is 10.4. The lowest BCUT2D eigenvalue weighted by Gasteiger charge is -2.43. The molecule has 2 aromatic heterocycles. The fraction of sp³-hybridized carbons (Fsp3) is 0.571. The lowest BCUT2D eigenvalue weighted by Crippen LogP contribution is -2.52. The summed E-state index contributed by atoms with van der Waals surface area (Å²) in [4.78, 5) is 28.9. The Bertz CT molecular complexity index is 825. The fourth-order valence-corrected chi connectivity index (χ4v) is 4.42. The van der Waals surface area contributed by atoms with E-state index in [0.29, 0.717) is 18.8 Å². The van der Waals surface area contributed by atoms with Crippen LogP contribution in [0.25, 0.3) is 0 Å². The summed E-state index contributed by atoms with van der Waals surface area (Å²) in [6, 6.07) is 4.29. The fourth-order valence-electron chi connectivity index (χ4n) is 4.42. The van der Waals surface area contributed by atoms with Gasteiger partial charge in [-0.3, -0.25) is 9.69 Å². The Balaban J connectivity index is 1.24. The average Bonchev–Trinajstić information content (AvgIpc) is 3.14. The molecule has 7 heteroatoms. The second-order valence-electron chi connectivity index (χ2n) is 8.02. The molecule has 0 atom stereocenters. The minimum absolute atomic E-state index is 0.0434. The van der Waals surface area contributed by atoms with Crippen molar-refractivity contribution in [1.29, 1.82) is 0 Å². The first-order valence-electron chi connectivity index (χ1n) is 10.4. The maximum absolute atomic E-state index is 12.6. The van der Waals surface area contributed by atoms with Gasteiger partial charge in [-0.2, -0.15) is 0 Å². The molecule has 3 aliphatic rings. The Labute approximate surface area is 165 Å². The van der Waals surface area contributed by atoms with Crippen LogP contribution in [0, 0.1) is 0 Å². The van der Waals surface area contributed by atoms with Crippen molar-refractivity contribution < 1.29 is 9.21 Å². The smallest absolute Gasteiger partial charge is 0.289 e. The molecule has 0 bridgehead atoms. The Morgan fingerprint density at radius 2 is 1.89 bits per heavy atom. The number of carbonyl (C=O) groups is 1. The summed E-state index contributed by atoms with van der Waals surface area (Å²) < 4.78 is 5.27. The maximum Gasteiger partial charge on any atom is 0.289 e. The van der Waals surface area contributed by atoms with Crippen LogP contribution in [0.4, 0.5) is 5.95 Å². The quantitative estimate of drug-likeness (QED) is 0.810. The molecule has 148 valence electrons. The largest absolute Gasteiger partial charge is 0.459 e. The summed E-state index contributed by atoms with van der Waals surface area (Å²) in [5.41, 5.74) is 2.24. The van der Waals surface area contributed by atoms with Crippen molar-refractivity contribution in [2.24, 2.45) is 0 Å². The first-order chi connectivity index (χ1) is 13.8. The van der Waals surface area contributed by atoms with Crippen LogP contribution >= 0.6 is 0 Å². The number of anilines is 1. The van der Waals surface area contributed by atoms with Gasteiger partial charge in [0.2, 0.25) is 5.95 Å². The molecule has 0 radical (unpaired) electrons. The monoisotopic (exact) mass is 381 g/mol. The van der Waals surface area contributed by atoms with E-state index in [1.54, 1.807) is 18.4 Å². The SMILES string of the molecule is O=C(c1ccco1)N1CCc2cnc(N3CCN(C4CCC4)CC3)nc2CC1. The van der Waals surface area contributed by atoms with Gasteiger partial charge in [0.1, 0.15) is 0 Å². The van der Waals surface area contributed by atoms with Gasteiger partial charge < -0.3 is 14.2 Å². The Hall–Kier alpha value is -2.41. The molecule has 4 heterocycles. The van der Waals surface area contributed by atoms with Crippen molar-refractivity contribution in [3.8, 4) is 0 Å². The third-order valence-electron chi connectivity index (χ3n) is 6.42. The number of hydrogen-bond acceptors (Lipinski definition) is 6. The van der Waals surface area contributed by atoms with Crippen molar-refractivity contribution in [2.45, 2.75) is 38.1 Å². The Kier molecular flexibility index (Phi) is 4.76. The van der Waals surface area contributed by atoms with E-state index in [1.165, 1.54) is 19.3 Å². The van der Waals surface area contributed by atoms with E-state index in [9.17, 15) is 4.79 Å². The van der Waals surface area contributed by atoms with Crippen molar-refractivity contribution in [1.82, 2.24) is 19.8 Å². The van der Waals surface area contributed by atoms with Gasteiger partial charge in [0.25, 0.3) is 5.91 Å². The average molecular weight is 381 g/mol. The normalized spacial score (nSPS) is 21.1. The summed E-state index contributed by atoms with van der Waals surface area (Å²) in [6.45, 7) is 5.55. The van der Waals surface area contributed by atoms with Crippen LogP contribution in [-0.2, 0) is 12.8 Å². The molecule has 5 rings (SSSR count). The topological polar surface area (TPSA) is 65.7 Å². The van der Waals surface area contributed by atoms with Gasteiger partial charge in [0.05, 0.1) is 12.0 Å². The molecule has 0 aromatic carbocycles. The molecule has 1 aliphatic carbocycles. The van der Waals surface area contributed by atoms with Gasteiger partial charge >= 0.3 is 0 Å². The van der Waals surface area contributed by atoms with Gasteiger partial charge in [-0.25, -0.2) is 9.97 Å². The van der Waals surface area contributed by atoms with Crippen LogP contribution in [0.1, 0.15) is 41.1 Å². The van der Waals surface area contributed by atoms with E-state index >= 15 is 0 Å².